The summed E-state index contributed by atoms with van der Waals surface area (Å²) >= 11 is 7.98. The molecule has 1 aromatic rings. The van der Waals surface area contributed by atoms with E-state index >= 15 is 0 Å². The van der Waals surface area contributed by atoms with Crippen LogP contribution in [-0.2, 0) is 40.0 Å². The zero-order valence-electron chi connectivity index (χ0n) is 29.6. The monoisotopic (exact) mass is 758 g/mol. The third kappa shape index (κ3) is 15.5. The molecule has 0 saturated heterocycles. The lowest BCUT2D eigenvalue weighted by atomic mass is 9.99. The van der Waals surface area contributed by atoms with Gasteiger partial charge in [0.1, 0.15) is 36.3 Å². The number of hydrogen-bond donors (Lipinski definition) is 12. The number of amides is 6. The molecule has 7 atom stereocenters. The number of carboxylic acid groups (broad SMARTS) is 1. The van der Waals surface area contributed by atoms with Crippen molar-refractivity contribution in [2.75, 3.05) is 18.1 Å². The average molecular weight is 759 g/mol. The number of aliphatic carboxylic acids is 1. The molecule has 1 aromatic heterocycles. The summed E-state index contributed by atoms with van der Waals surface area (Å²) in [5.74, 6) is -6.48. The van der Waals surface area contributed by atoms with Crippen LogP contribution in [0.5, 0.6) is 0 Å². The van der Waals surface area contributed by atoms with E-state index in [-0.39, 0.29) is 24.3 Å². The van der Waals surface area contributed by atoms with Gasteiger partial charge in [0.15, 0.2) is 0 Å². The Labute approximate surface area is 308 Å². The SMILES string of the molecule is CC(NC(=O)C(Cc1cnc[nH]1)NC(=O)C(CCCCN)NC(=O)C(N)CS)C(=O)NC(C(=O)NC(C(=O)NC(CS)C(=O)O)C(C)C)C(C)C. The fourth-order valence-electron chi connectivity index (χ4n) is 4.64. The number of rotatable bonds is 23. The van der Waals surface area contributed by atoms with E-state index in [0.717, 1.165) is 0 Å². The van der Waals surface area contributed by atoms with E-state index in [9.17, 15) is 38.7 Å². The topological polar surface area (TPSA) is 293 Å². The Kier molecular flexibility index (Phi) is 20.2. The summed E-state index contributed by atoms with van der Waals surface area (Å²) in [6, 6.07) is -7.97. The number of carboxylic acids is 1. The summed E-state index contributed by atoms with van der Waals surface area (Å²) in [6.07, 6.45) is 4.13. The lowest BCUT2D eigenvalue weighted by Crippen LogP contribution is -2.61. The van der Waals surface area contributed by atoms with Gasteiger partial charge in [-0.25, -0.2) is 9.78 Å². The lowest BCUT2D eigenvalue weighted by Gasteiger charge is -2.29. The summed E-state index contributed by atoms with van der Waals surface area (Å²) in [5.41, 5.74) is 11.9. The highest BCUT2D eigenvalue weighted by Crippen LogP contribution is 2.09. The van der Waals surface area contributed by atoms with Gasteiger partial charge in [0.2, 0.25) is 35.4 Å². The number of nitrogens with zero attached hydrogens (tertiary/aromatic N) is 1. The van der Waals surface area contributed by atoms with Crippen molar-refractivity contribution >= 4 is 66.7 Å². The van der Waals surface area contributed by atoms with Crippen LogP contribution in [0.1, 0.15) is 59.6 Å². The molecular formula is C31H54N10O8S2. The minimum atomic E-state index is -1.29. The standard InChI is InChI=1S/C31H54N10O8S2/c1-15(2)23(29(46)39-22(13-51)31(48)49)41-30(47)24(16(3)4)40-25(42)17(5)36-28(45)21(10-18-11-34-14-35-18)38-27(44)20(8-6-7-9-32)37-26(43)19(33)12-50/h11,14-17,19-24,50-51H,6-10,12-13,32-33H2,1-5H3,(H,34,35)(H,36,45)(H,37,43)(H,38,44)(H,39,46)(H,40,42)(H,41,47)(H,48,49). The van der Waals surface area contributed by atoms with Crippen LogP contribution in [-0.4, -0.2) is 117 Å². The molecule has 20 heteroatoms. The maximum absolute atomic E-state index is 13.5. The number of thiol groups is 2. The number of carbonyl (C=O) groups excluding carboxylic acids is 6. The lowest BCUT2D eigenvalue weighted by molar-refractivity contribution is -0.142. The van der Waals surface area contributed by atoms with Crippen molar-refractivity contribution in [2.45, 2.75) is 103 Å². The second kappa shape index (κ2) is 22.8. The Hall–Kier alpha value is -3.88. The molecule has 0 radical (unpaired) electrons. The third-order valence-electron chi connectivity index (χ3n) is 7.77. The highest BCUT2D eigenvalue weighted by Gasteiger charge is 2.34. The zero-order chi connectivity index (χ0) is 38.8. The fourth-order valence-corrected chi connectivity index (χ4v) is 5.05. The molecule has 1 rings (SSSR count). The highest BCUT2D eigenvalue weighted by atomic mass is 32.1. The van der Waals surface area contributed by atoms with E-state index in [1.807, 2.05) is 0 Å². The molecule has 0 aliphatic rings. The molecule has 0 aliphatic heterocycles. The van der Waals surface area contributed by atoms with Gasteiger partial charge in [0.25, 0.3) is 0 Å². The maximum Gasteiger partial charge on any atom is 0.327 e. The van der Waals surface area contributed by atoms with Gasteiger partial charge in [-0.3, -0.25) is 28.8 Å². The Bertz CT molecular complexity index is 1320. The summed E-state index contributed by atoms with van der Waals surface area (Å²) in [6.45, 7) is 8.42. The quantitative estimate of drug-likeness (QED) is 0.0412. The second-order valence-corrected chi connectivity index (χ2v) is 13.5. The van der Waals surface area contributed by atoms with Crippen LogP contribution >= 0.6 is 25.3 Å². The van der Waals surface area contributed by atoms with Crippen LogP contribution in [0.25, 0.3) is 0 Å². The van der Waals surface area contributed by atoms with Crippen LogP contribution in [0.3, 0.4) is 0 Å². The van der Waals surface area contributed by atoms with Crippen molar-refractivity contribution in [3.05, 3.63) is 18.2 Å². The molecule has 0 fully saturated rings. The van der Waals surface area contributed by atoms with E-state index in [0.29, 0.717) is 25.1 Å². The first kappa shape index (κ1) is 45.1. The van der Waals surface area contributed by atoms with Crippen molar-refractivity contribution < 1.29 is 38.7 Å². The number of carbonyl (C=O) groups is 7. The maximum atomic E-state index is 13.5. The summed E-state index contributed by atoms with van der Waals surface area (Å²) in [4.78, 5) is 97.2. The van der Waals surface area contributed by atoms with Gasteiger partial charge < -0.3 is 53.5 Å². The van der Waals surface area contributed by atoms with E-state index in [4.69, 9.17) is 11.5 Å². The molecule has 0 aromatic carbocycles. The van der Waals surface area contributed by atoms with Gasteiger partial charge >= 0.3 is 5.97 Å². The largest absolute Gasteiger partial charge is 0.480 e. The number of nitrogens with two attached hydrogens (primary N) is 2. The van der Waals surface area contributed by atoms with E-state index < -0.39 is 95.5 Å². The van der Waals surface area contributed by atoms with Crippen molar-refractivity contribution in [2.24, 2.45) is 23.3 Å². The smallest absolute Gasteiger partial charge is 0.327 e. The number of imidazole rings is 1. The fraction of sp³-hybridized carbons (Fsp3) is 0.677. The van der Waals surface area contributed by atoms with Crippen molar-refractivity contribution in [3.63, 3.8) is 0 Å². The number of hydrogen-bond acceptors (Lipinski definition) is 12. The molecule has 51 heavy (non-hydrogen) atoms. The molecule has 6 amide bonds. The third-order valence-corrected chi connectivity index (χ3v) is 8.53. The first-order valence-corrected chi connectivity index (χ1v) is 17.9. The van der Waals surface area contributed by atoms with Gasteiger partial charge in [-0.15, -0.1) is 0 Å². The minimum Gasteiger partial charge on any atom is -0.480 e. The number of unbranched alkanes of at least 4 members (excludes halogenated alkanes) is 1. The van der Waals surface area contributed by atoms with E-state index in [2.05, 4.69) is 67.1 Å². The molecule has 18 nitrogen and oxygen atoms in total. The molecule has 1 heterocycles. The van der Waals surface area contributed by atoms with Crippen LogP contribution in [0, 0.1) is 11.8 Å². The Morgan fingerprint density at radius 1 is 0.725 bits per heavy atom. The summed E-state index contributed by atoms with van der Waals surface area (Å²) in [7, 11) is 0. The molecule has 12 N–H and O–H groups in total. The van der Waals surface area contributed by atoms with E-state index in [1.54, 1.807) is 27.7 Å². The van der Waals surface area contributed by atoms with Crippen LogP contribution in [0.15, 0.2) is 12.5 Å². The minimum absolute atomic E-state index is 0.0445. The van der Waals surface area contributed by atoms with Gasteiger partial charge in [-0.1, -0.05) is 27.7 Å². The number of nitrogens with one attached hydrogen (secondary N) is 7. The summed E-state index contributed by atoms with van der Waals surface area (Å²) in [5, 5.41) is 24.6. The van der Waals surface area contributed by atoms with Gasteiger partial charge in [-0.05, 0) is 44.6 Å². The number of H-pyrrole nitrogens is 1. The zero-order valence-corrected chi connectivity index (χ0v) is 31.4. The molecule has 7 unspecified atom stereocenters. The van der Waals surface area contributed by atoms with Crippen LogP contribution < -0.4 is 43.4 Å². The molecular weight excluding hydrogens is 705 g/mol. The average Bonchev–Trinajstić information content (AvgIpc) is 3.59. The Balaban J connectivity index is 3.11. The second-order valence-electron chi connectivity index (χ2n) is 12.7. The first-order valence-electron chi connectivity index (χ1n) is 16.7. The molecule has 0 aliphatic carbocycles. The van der Waals surface area contributed by atoms with Crippen molar-refractivity contribution in [1.29, 1.82) is 0 Å². The highest BCUT2D eigenvalue weighted by molar-refractivity contribution is 7.80. The Morgan fingerprint density at radius 3 is 1.75 bits per heavy atom. The van der Waals surface area contributed by atoms with Crippen molar-refractivity contribution in [3.8, 4) is 0 Å². The van der Waals surface area contributed by atoms with Crippen molar-refractivity contribution in [1.82, 2.24) is 41.9 Å². The van der Waals surface area contributed by atoms with Gasteiger partial charge in [0.05, 0.1) is 12.4 Å². The summed E-state index contributed by atoms with van der Waals surface area (Å²) < 4.78 is 0. The normalized spacial score (nSPS) is 15.4. The first-order chi connectivity index (χ1) is 24.0. The van der Waals surface area contributed by atoms with Gasteiger partial charge in [0, 0.05) is 29.8 Å². The molecule has 288 valence electrons. The number of aromatic nitrogens is 2. The van der Waals surface area contributed by atoms with Crippen LogP contribution in [0.4, 0.5) is 0 Å². The van der Waals surface area contributed by atoms with E-state index in [1.165, 1.54) is 19.4 Å². The number of aromatic amines is 1. The molecule has 0 spiro atoms. The van der Waals surface area contributed by atoms with Gasteiger partial charge in [-0.2, -0.15) is 25.3 Å². The molecule has 0 bridgehead atoms. The molecule has 0 saturated carbocycles. The predicted molar refractivity (Wildman–Crippen MR) is 195 cm³/mol. The van der Waals surface area contributed by atoms with Crippen LogP contribution in [0.2, 0.25) is 0 Å². The predicted octanol–water partition coefficient (Wildman–Crippen LogP) is -2.41. The Morgan fingerprint density at radius 2 is 1.25 bits per heavy atom.